The van der Waals surface area contributed by atoms with Crippen molar-refractivity contribution < 1.29 is 9.53 Å². The van der Waals surface area contributed by atoms with Crippen LogP contribution in [0.4, 0.5) is 0 Å². The molecule has 1 fully saturated rings. The van der Waals surface area contributed by atoms with Gasteiger partial charge in [-0.15, -0.1) is 0 Å². The number of hydrogen-bond donors (Lipinski definition) is 0. The molecule has 0 aliphatic carbocycles. The maximum absolute atomic E-state index is 11.5. The number of Topliss-reactive ketones (excluding diaryl/α,β-unsaturated/α-hetero) is 1. The van der Waals surface area contributed by atoms with Crippen LogP contribution in [-0.4, -0.2) is 36.9 Å². The van der Waals surface area contributed by atoms with Gasteiger partial charge in [0, 0.05) is 19.0 Å². The summed E-state index contributed by atoms with van der Waals surface area (Å²) in [6.07, 6.45) is 1.02. The number of carbonyl (C=O) groups excluding carboxylic acids is 1. The van der Waals surface area contributed by atoms with Gasteiger partial charge in [0.2, 0.25) is 0 Å². The molecule has 98 valence electrons. The van der Waals surface area contributed by atoms with Crippen LogP contribution in [-0.2, 0) is 16.1 Å². The Labute approximate surface area is 109 Å². The smallest absolute Gasteiger partial charge is 0.134 e. The van der Waals surface area contributed by atoms with Gasteiger partial charge in [0.1, 0.15) is 5.78 Å². The van der Waals surface area contributed by atoms with E-state index in [2.05, 4.69) is 17.0 Å². The molecule has 2 atom stereocenters. The highest BCUT2D eigenvalue weighted by molar-refractivity contribution is 5.78. The van der Waals surface area contributed by atoms with Crippen LogP contribution in [0.5, 0.6) is 0 Å². The van der Waals surface area contributed by atoms with E-state index in [1.165, 1.54) is 5.56 Å². The average Bonchev–Trinajstić information content (AvgIpc) is 2.37. The number of likely N-dealkylation sites (N-methyl/N-ethyl adjacent to an activating group) is 1. The van der Waals surface area contributed by atoms with Gasteiger partial charge in [0.25, 0.3) is 0 Å². The van der Waals surface area contributed by atoms with E-state index in [1.807, 2.05) is 25.2 Å². The zero-order valence-corrected chi connectivity index (χ0v) is 11.1. The number of hydrogen-bond acceptors (Lipinski definition) is 3. The van der Waals surface area contributed by atoms with Gasteiger partial charge in [0.15, 0.2) is 0 Å². The number of piperidine rings is 1. The summed E-state index contributed by atoms with van der Waals surface area (Å²) < 4.78 is 5.93. The van der Waals surface area contributed by atoms with Crippen LogP contribution >= 0.6 is 0 Å². The van der Waals surface area contributed by atoms with E-state index in [0.717, 1.165) is 19.5 Å². The molecule has 0 radical (unpaired) electrons. The van der Waals surface area contributed by atoms with Crippen molar-refractivity contribution in [3.8, 4) is 0 Å². The topological polar surface area (TPSA) is 29.5 Å². The van der Waals surface area contributed by atoms with Crippen LogP contribution in [0.15, 0.2) is 30.3 Å². The molecule has 2 rings (SSSR count). The summed E-state index contributed by atoms with van der Waals surface area (Å²) in [6.45, 7) is 4.08. The number of ketones is 1. The van der Waals surface area contributed by atoms with E-state index >= 15 is 0 Å². The van der Waals surface area contributed by atoms with Gasteiger partial charge < -0.3 is 9.64 Å². The zero-order chi connectivity index (χ0) is 13.0. The van der Waals surface area contributed by atoms with Crippen molar-refractivity contribution in [3.63, 3.8) is 0 Å². The summed E-state index contributed by atoms with van der Waals surface area (Å²) in [5, 5.41) is 0. The molecule has 0 N–H and O–H groups in total. The fraction of sp³-hybridized carbons (Fsp3) is 0.533. The summed E-state index contributed by atoms with van der Waals surface area (Å²) in [4.78, 5) is 13.7. The lowest BCUT2D eigenvalue weighted by molar-refractivity contribution is -0.125. The van der Waals surface area contributed by atoms with Crippen LogP contribution in [0.3, 0.4) is 0 Å². The molecule has 0 bridgehead atoms. The Hall–Kier alpha value is -1.19. The second-order valence-corrected chi connectivity index (χ2v) is 5.18. The molecule has 1 aliphatic heterocycles. The molecule has 0 aromatic heterocycles. The molecule has 1 saturated heterocycles. The van der Waals surface area contributed by atoms with Crippen molar-refractivity contribution in [3.05, 3.63) is 35.9 Å². The Balaban J connectivity index is 1.87. The standard InChI is InChI=1S/C15H21NO2/c1-12(17)14-8-15(10-16(2)9-14)18-11-13-6-4-3-5-7-13/h3-7,14-15H,8-11H2,1-2H3. The van der Waals surface area contributed by atoms with Crippen LogP contribution in [0.1, 0.15) is 18.9 Å². The molecule has 1 aromatic carbocycles. The number of benzene rings is 1. The third-order valence-electron chi connectivity index (χ3n) is 3.50. The first-order valence-electron chi connectivity index (χ1n) is 6.49. The molecular weight excluding hydrogens is 226 g/mol. The molecule has 2 unspecified atom stereocenters. The van der Waals surface area contributed by atoms with E-state index < -0.39 is 0 Å². The predicted octanol–water partition coefficient (Wildman–Crippen LogP) is 2.11. The van der Waals surface area contributed by atoms with E-state index in [4.69, 9.17) is 4.74 Å². The van der Waals surface area contributed by atoms with Gasteiger partial charge in [-0.25, -0.2) is 0 Å². The lowest BCUT2D eigenvalue weighted by Gasteiger charge is -2.34. The van der Waals surface area contributed by atoms with Gasteiger partial charge in [-0.3, -0.25) is 4.79 Å². The Morgan fingerprint density at radius 3 is 2.72 bits per heavy atom. The summed E-state index contributed by atoms with van der Waals surface area (Å²) in [7, 11) is 2.05. The van der Waals surface area contributed by atoms with Crippen molar-refractivity contribution in [2.24, 2.45) is 5.92 Å². The Morgan fingerprint density at radius 1 is 1.33 bits per heavy atom. The van der Waals surface area contributed by atoms with E-state index in [9.17, 15) is 4.79 Å². The van der Waals surface area contributed by atoms with Crippen LogP contribution in [0.25, 0.3) is 0 Å². The van der Waals surface area contributed by atoms with Gasteiger partial charge >= 0.3 is 0 Å². The van der Waals surface area contributed by atoms with Crippen molar-refractivity contribution >= 4 is 5.78 Å². The molecular formula is C15H21NO2. The highest BCUT2D eigenvalue weighted by Crippen LogP contribution is 2.20. The SMILES string of the molecule is CC(=O)C1CC(OCc2ccccc2)CN(C)C1. The Morgan fingerprint density at radius 2 is 2.06 bits per heavy atom. The average molecular weight is 247 g/mol. The number of likely N-dealkylation sites (tertiary alicyclic amines) is 1. The first-order chi connectivity index (χ1) is 8.65. The molecule has 3 heteroatoms. The summed E-state index contributed by atoms with van der Waals surface area (Å²) in [6, 6.07) is 10.2. The van der Waals surface area contributed by atoms with Gasteiger partial charge in [-0.05, 0) is 26.0 Å². The summed E-state index contributed by atoms with van der Waals surface area (Å²) in [5.41, 5.74) is 1.19. The van der Waals surface area contributed by atoms with Crippen molar-refractivity contribution in [2.75, 3.05) is 20.1 Å². The monoisotopic (exact) mass is 247 g/mol. The maximum Gasteiger partial charge on any atom is 0.134 e. The molecule has 0 spiro atoms. The Bertz CT molecular complexity index is 391. The highest BCUT2D eigenvalue weighted by Gasteiger charge is 2.28. The molecule has 1 aromatic rings. The van der Waals surface area contributed by atoms with E-state index in [-0.39, 0.29) is 17.8 Å². The minimum absolute atomic E-state index is 0.129. The first kappa shape index (κ1) is 13.2. The lowest BCUT2D eigenvalue weighted by Crippen LogP contribution is -2.44. The maximum atomic E-state index is 11.5. The minimum atomic E-state index is 0.129. The van der Waals surface area contributed by atoms with E-state index in [1.54, 1.807) is 6.92 Å². The van der Waals surface area contributed by atoms with Crippen LogP contribution in [0, 0.1) is 5.92 Å². The molecule has 1 heterocycles. The fourth-order valence-electron chi connectivity index (χ4n) is 2.47. The normalized spacial score (nSPS) is 25.0. The minimum Gasteiger partial charge on any atom is -0.372 e. The second-order valence-electron chi connectivity index (χ2n) is 5.18. The van der Waals surface area contributed by atoms with E-state index in [0.29, 0.717) is 6.61 Å². The number of rotatable bonds is 4. The Kier molecular flexibility index (Phi) is 4.50. The molecule has 3 nitrogen and oxygen atoms in total. The van der Waals surface area contributed by atoms with Crippen molar-refractivity contribution in [1.82, 2.24) is 4.90 Å². The van der Waals surface area contributed by atoms with Crippen molar-refractivity contribution in [1.29, 1.82) is 0 Å². The zero-order valence-electron chi connectivity index (χ0n) is 11.1. The summed E-state index contributed by atoms with van der Waals surface area (Å²) in [5.74, 6) is 0.402. The first-order valence-corrected chi connectivity index (χ1v) is 6.49. The van der Waals surface area contributed by atoms with Crippen LogP contribution in [0.2, 0.25) is 0 Å². The molecule has 0 amide bonds. The number of carbonyl (C=O) groups is 1. The molecule has 0 saturated carbocycles. The quantitative estimate of drug-likeness (QED) is 0.816. The second kappa shape index (κ2) is 6.12. The highest BCUT2D eigenvalue weighted by atomic mass is 16.5. The lowest BCUT2D eigenvalue weighted by atomic mass is 9.93. The van der Waals surface area contributed by atoms with Gasteiger partial charge in [-0.1, -0.05) is 30.3 Å². The van der Waals surface area contributed by atoms with Gasteiger partial charge in [0.05, 0.1) is 12.7 Å². The predicted molar refractivity (Wildman–Crippen MR) is 71.3 cm³/mol. The molecule has 1 aliphatic rings. The number of ether oxygens (including phenoxy) is 1. The number of nitrogens with zero attached hydrogens (tertiary/aromatic N) is 1. The molecule has 18 heavy (non-hydrogen) atoms. The third-order valence-corrected chi connectivity index (χ3v) is 3.50. The largest absolute Gasteiger partial charge is 0.372 e. The fourth-order valence-corrected chi connectivity index (χ4v) is 2.47. The van der Waals surface area contributed by atoms with Crippen LogP contribution < -0.4 is 0 Å². The van der Waals surface area contributed by atoms with Crippen molar-refractivity contribution in [2.45, 2.75) is 26.1 Å². The van der Waals surface area contributed by atoms with Gasteiger partial charge in [-0.2, -0.15) is 0 Å². The summed E-state index contributed by atoms with van der Waals surface area (Å²) >= 11 is 0. The third kappa shape index (κ3) is 3.65.